The fraction of sp³-hybridized carbons (Fsp3) is 0.143. The van der Waals surface area contributed by atoms with Gasteiger partial charge in [0.2, 0.25) is 5.82 Å². The summed E-state index contributed by atoms with van der Waals surface area (Å²) in [6.45, 7) is 1.29. The van der Waals surface area contributed by atoms with E-state index in [2.05, 4.69) is 26.9 Å². The molecule has 0 atom stereocenters. The van der Waals surface area contributed by atoms with Crippen LogP contribution in [0.25, 0.3) is 11.6 Å². The normalized spacial score (nSPS) is 10.8. The molecule has 0 aliphatic carbocycles. The van der Waals surface area contributed by atoms with Crippen molar-refractivity contribution in [3.05, 3.63) is 84.6 Å². The number of thioether (sulfide) groups is 1. The van der Waals surface area contributed by atoms with Crippen molar-refractivity contribution in [3.63, 3.8) is 0 Å². The first-order valence-corrected chi connectivity index (χ1v) is 9.70. The highest BCUT2D eigenvalue weighted by Crippen LogP contribution is 2.25. The predicted molar refractivity (Wildman–Crippen MR) is 106 cm³/mol. The highest BCUT2D eigenvalue weighted by molar-refractivity contribution is 7.99. The monoisotopic (exact) mass is 377 g/mol. The Labute approximate surface area is 162 Å². The number of ether oxygens (including phenoxy) is 1. The van der Waals surface area contributed by atoms with Gasteiger partial charge in [0.15, 0.2) is 10.9 Å². The smallest absolute Gasteiger partial charge is 0.200 e. The van der Waals surface area contributed by atoms with Crippen LogP contribution in [0.2, 0.25) is 0 Å². The Bertz CT molecular complexity index is 954. The number of hydrogen-bond donors (Lipinski definition) is 0. The Morgan fingerprint density at radius 3 is 2.41 bits per heavy atom. The number of para-hydroxylation sites is 1. The minimum absolute atomic E-state index is 0.600. The lowest BCUT2D eigenvalue weighted by atomic mass is 10.2. The summed E-state index contributed by atoms with van der Waals surface area (Å²) < 4.78 is 13.4. The molecular formula is C21H19N3O2S. The predicted octanol–water partition coefficient (Wildman–Crippen LogP) is 4.76. The summed E-state index contributed by atoms with van der Waals surface area (Å²) in [5.41, 5.74) is 1.19. The third-order valence-corrected chi connectivity index (χ3v) is 4.90. The van der Waals surface area contributed by atoms with Gasteiger partial charge in [-0.2, -0.15) is 0 Å². The molecule has 0 fully saturated rings. The van der Waals surface area contributed by atoms with Gasteiger partial charge >= 0.3 is 0 Å². The molecule has 2 heterocycles. The summed E-state index contributed by atoms with van der Waals surface area (Å²) in [5.74, 6) is 3.10. The van der Waals surface area contributed by atoms with Crippen LogP contribution in [0.5, 0.6) is 5.75 Å². The molecule has 2 aromatic heterocycles. The van der Waals surface area contributed by atoms with E-state index in [1.807, 2.05) is 60.7 Å². The highest BCUT2D eigenvalue weighted by atomic mass is 32.2. The van der Waals surface area contributed by atoms with E-state index in [1.165, 1.54) is 5.56 Å². The quantitative estimate of drug-likeness (QED) is 0.327. The van der Waals surface area contributed by atoms with Crippen molar-refractivity contribution in [1.29, 1.82) is 0 Å². The molecule has 0 aliphatic rings. The summed E-state index contributed by atoms with van der Waals surface area (Å²) in [4.78, 5) is 0. The summed E-state index contributed by atoms with van der Waals surface area (Å²) in [7, 11) is 0. The number of rotatable bonds is 8. The third-order valence-electron chi connectivity index (χ3n) is 3.97. The summed E-state index contributed by atoms with van der Waals surface area (Å²) in [6.07, 6.45) is 1.65. The zero-order valence-corrected chi connectivity index (χ0v) is 15.5. The van der Waals surface area contributed by atoms with Gasteiger partial charge in [0, 0.05) is 5.75 Å². The van der Waals surface area contributed by atoms with Crippen LogP contribution in [0.4, 0.5) is 0 Å². The van der Waals surface area contributed by atoms with Crippen molar-refractivity contribution >= 4 is 11.8 Å². The van der Waals surface area contributed by atoms with Crippen LogP contribution in [0.3, 0.4) is 0 Å². The van der Waals surface area contributed by atoms with Gasteiger partial charge in [-0.3, -0.25) is 4.57 Å². The van der Waals surface area contributed by atoms with E-state index in [0.717, 1.165) is 22.5 Å². The van der Waals surface area contributed by atoms with Crippen molar-refractivity contribution in [2.75, 3.05) is 12.4 Å². The van der Waals surface area contributed by atoms with Crippen LogP contribution < -0.4 is 4.74 Å². The molecule has 0 saturated heterocycles. The van der Waals surface area contributed by atoms with E-state index in [4.69, 9.17) is 9.15 Å². The maximum Gasteiger partial charge on any atom is 0.200 e. The van der Waals surface area contributed by atoms with E-state index >= 15 is 0 Å². The van der Waals surface area contributed by atoms with Crippen molar-refractivity contribution < 1.29 is 9.15 Å². The van der Waals surface area contributed by atoms with Crippen LogP contribution in [0.15, 0.2) is 88.6 Å². The average molecular weight is 377 g/mol. The third kappa shape index (κ3) is 4.41. The second kappa shape index (κ2) is 8.60. The first-order chi connectivity index (χ1) is 13.4. The van der Waals surface area contributed by atoms with Crippen LogP contribution in [0.1, 0.15) is 5.56 Å². The van der Waals surface area contributed by atoms with Gasteiger partial charge in [-0.05, 0) is 29.8 Å². The molecule has 6 heteroatoms. The topological polar surface area (TPSA) is 53.1 Å². The Balaban J connectivity index is 1.48. The first-order valence-electron chi connectivity index (χ1n) is 8.72. The summed E-state index contributed by atoms with van der Waals surface area (Å²) in [6, 6.07) is 23.9. The SMILES string of the molecule is c1ccc(Cn2c(SCCOc3ccccc3)nnc2-c2ccco2)cc1. The lowest BCUT2D eigenvalue weighted by Gasteiger charge is -2.10. The molecule has 0 unspecified atom stereocenters. The molecule has 136 valence electrons. The lowest BCUT2D eigenvalue weighted by Crippen LogP contribution is -2.06. The van der Waals surface area contributed by atoms with Gasteiger partial charge in [-0.1, -0.05) is 60.3 Å². The molecule has 0 aliphatic heterocycles. The van der Waals surface area contributed by atoms with E-state index in [-0.39, 0.29) is 0 Å². The number of hydrogen-bond acceptors (Lipinski definition) is 5. The molecular weight excluding hydrogens is 358 g/mol. The summed E-state index contributed by atoms with van der Waals surface area (Å²) >= 11 is 1.63. The second-order valence-electron chi connectivity index (χ2n) is 5.87. The van der Waals surface area contributed by atoms with E-state index in [9.17, 15) is 0 Å². The van der Waals surface area contributed by atoms with Crippen molar-refractivity contribution in [1.82, 2.24) is 14.8 Å². The van der Waals surface area contributed by atoms with Crippen molar-refractivity contribution in [3.8, 4) is 17.3 Å². The largest absolute Gasteiger partial charge is 0.493 e. The molecule has 0 saturated carbocycles. The molecule has 2 aromatic carbocycles. The number of aromatic nitrogens is 3. The standard InChI is InChI=1S/C21H19N3O2S/c1-3-8-17(9-4-1)16-24-20(19-12-7-13-26-19)22-23-21(24)27-15-14-25-18-10-5-2-6-11-18/h1-13H,14-16H2. The molecule has 5 nitrogen and oxygen atoms in total. The number of nitrogens with zero attached hydrogens (tertiary/aromatic N) is 3. The lowest BCUT2D eigenvalue weighted by molar-refractivity contribution is 0.344. The molecule has 4 aromatic rings. The highest BCUT2D eigenvalue weighted by Gasteiger charge is 2.16. The molecule has 0 amide bonds. The molecule has 0 spiro atoms. The Morgan fingerprint density at radius 1 is 0.889 bits per heavy atom. The Morgan fingerprint density at radius 2 is 1.67 bits per heavy atom. The van der Waals surface area contributed by atoms with E-state index in [1.54, 1.807) is 18.0 Å². The van der Waals surface area contributed by atoms with Gasteiger partial charge in [0.25, 0.3) is 0 Å². The van der Waals surface area contributed by atoms with Crippen LogP contribution in [-0.2, 0) is 6.54 Å². The molecule has 0 radical (unpaired) electrons. The second-order valence-corrected chi connectivity index (χ2v) is 6.93. The fourth-order valence-corrected chi connectivity index (χ4v) is 3.46. The first kappa shape index (κ1) is 17.4. The average Bonchev–Trinajstić information content (AvgIpc) is 3.37. The maximum absolute atomic E-state index is 5.77. The van der Waals surface area contributed by atoms with Gasteiger partial charge in [0.05, 0.1) is 19.4 Å². The number of benzene rings is 2. The molecule has 4 rings (SSSR count). The molecule has 0 bridgehead atoms. The maximum atomic E-state index is 5.77. The van der Waals surface area contributed by atoms with Crippen LogP contribution >= 0.6 is 11.8 Å². The Kier molecular flexibility index (Phi) is 5.55. The van der Waals surface area contributed by atoms with Crippen molar-refractivity contribution in [2.45, 2.75) is 11.7 Å². The van der Waals surface area contributed by atoms with Gasteiger partial charge in [0.1, 0.15) is 5.75 Å². The van der Waals surface area contributed by atoms with Crippen LogP contribution in [-0.4, -0.2) is 27.1 Å². The number of furan rings is 1. The molecule has 27 heavy (non-hydrogen) atoms. The van der Waals surface area contributed by atoms with Gasteiger partial charge in [-0.25, -0.2) is 0 Å². The fourth-order valence-electron chi connectivity index (χ4n) is 2.70. The molecule has 0 N–H and O–H groups in total. The van der Waals surface area contributed by atoms with Crippen LogP contribution in [0, 0.1) is 0 Å². The van der Waals surface area contributed by atoms with Crippen molar-refractivity contribution in [2.24, 2.45) is 0 Å². The van der Waals surface area contributed by atoms with Gasteiger partial charge in [-0.15, -0.1) is 10.2 Å². The van der Waals surface area contributed by atoms with Gasteiger partial charge < -0.3 is 9.15 Å². The zero-order chi connectivity index (χ0) is 18.3. The minimum atomic E-state index is 0.600. The minimum Gasteiger partial charge on any atom is -0.493 e. The van der Waals surface area contributed by atoms with E-state index < -0.39 is 0 Å². The zero-order valence-electron chi connectivity index (χ0n) is 14.7. The Hall–Kier alpha value is -2.99. The summed E-state index contributed by atoms with van der Waals surface area (Å²) in [5, 5.41) is 9.57. The van der Waals surface area contributed by atoms with E-state index in [0.29, 0.717) is 18.9 Å².